The number of nitrogens with two attached hydrogens (primary N) is 1. The first kappa shape index (κ1) is 5.70. The Hall–Kier alpha value is -1.43. The number of hydrogen-bond acceptors (Lipinski definition) is 4. The van der Waals surface area contributed by atoms with Gasteiger partial charge in [-0.05, 0) is 0 Å². The predicted octanol–water partition coefficient (Wildman–Crippen LogP) is -1.29. The summed E-state index contributed by atoms with van der Waals surface area (Å²) in [6.45, 7) is 0. The van der Waals surface area contributed by atoms with Crippen molar-refractivity contribution in [1.29, 1.82) is 0 Å². The van der Waals surface area contributed by atoms with Gasteiger partial charge in [0, 0.05) is 0 Å². The number of rotatable bonds is 0. The average Bonchev–Trinajstić information content (AvgIpc) is 2.37. The standard InChI is InChI=1S/C3H5N5O/c4-7-3(9)8-1-5-6-2-8/h1-2H,4H2,(H,7,9). The van der Waals surface area contributed by atoms with Crippen LogP contribution in [0.4, 0.5) is 4.79 Å². The van der Waals surface area contributed by atoms with Crippen molar-refractivity contribution in [3.63, 3.8) is 0 Å². The highest BCUT2D eigenvalue weighted by Crippen LogP contribution is 1.77. The highest BCUT2D eigenvalue weighted by molar-refractivity contribution is 5.75. The van der Waals surface area contributed by atoms with Crippen molar-refractivity contribution < 1.29 is 4.79 Å². The summed E-state index contributed by atoms with van der Waals surface area (Å²) in [7, 11) is 0. The third kappa shape index (κ3) is 1.03. The third-order valence-electron chi connectivity index (χ3n) is 0.777. The molecule has 48 valence electrons. The van der Waals surface area contributed by atoms with Crippen LogP contribution >= 0.6 is 0 Å². The molecule has 6 heteroatoms. The van der Waals surface area contributed by atoms with Gasteiger partial charge in [-0.2, -0.15) is 0 Å². The number of aromatic nitrogens is 3. The molecule has 1 heterocycles. The van der Waals surface area contributed by atoms with Gasteiger partial charge in [0.25, 0.3) is 0 Å². The number of hydrogen-bond donors (Lipinski definition) is 2. The Morgan fingerprint density at radius 1 is 1.56 bits per heavy atom. The lowest BCUT2D eigenvalue weighted by atomic mass is 10.9. The van der Waals surface area contributed by atoms with Gasteiger partial charge in [-0.15, -0.1) is 10.2 Å². The van der Waals surface area contributed by atoms with Crippen molar-refractivity contribution in [2.45, 2.75) is 0 Å². The molecule has 0 bridgehead atoms. The van der Waals surface area contributed by atoms with Gasteiger partial charge in [0.05, 0.1) is 0 Å². The van der Waals surface area contributed by atoms with Crippen LogP contribution in [0.25, 0.3) is 0 Å². The highest BCUT2D eigenvalue weighted by atomic mass is 16.2. The molecule has 0 fully saturated rings. The zero-order valence-corrected chi connectivity index (χ0v) is 4.48. The van der Waals surface area contributed by atoms with E-state index < -0.39 is 6.03 Å². The molecule has 1 rings (SSSR count). The van der Waals surface area contributed by atoms with Crippen molar-refractivity contribution >= 4 is 6.03 Å². The number of carbonyl (C=O) groups is 1. The maximum atomic E-state index is 10.5. The summed E-state index contributed by atoms with van der Waals surface area (Å²) >= 11 is 0. The summed E-state index contributed by atoms with van der Waals surface area (Å²) in [5.41, 5.74) is 1.91. The highest BCUT2D eigenvalue weighted by Gasteiger charge is 1.97. The zero-order chi connectivity index (χ0) is 6.69. The molecule has 0 spiro atoms. The molecular formula is C3H5N5O. The molecule has 0 aromatic carbocycles. The molecule has 0 saturated heterocycles. The van der Waals surface area contributed by atoms with Crippen LogP contribution in [0.1, 0.15) is 0 Å². The molecule has 3 N–H and O–H groups in total. The number of nitrogens with zero attached hydrogens (tertiary/aromatic N) is 3. The van der Waals surface area contributed by atoms with Crippen molar-refractivity contribution in [2.24, 2.45) is 5.84 Å². The van der Waals surface area contributed by atoms with Gasteiger partial charge in [-0.1, -0.05) is 0 Å². The average molecular weight is 127 g/mol. The van der Waals surface area contributed by atoms with Crippen LogP contribution in [0.15, 0.2) is 12.7 Å². The first-order chi connectivity index (χ1) is 4.34. The minimum absolute atomic E-state index is 0.458. The predicted molar refractivity (Wildman–Crippen MR) is 28.1 cm³/mol. The molecular weight excluding hydrogens is 122 g/mol. The Kier molecular flexibility index (Phi) is 1.41. The van der Waals surface area contributed by atoms with E-state index in [4.69, 9.17) is 5.84 Å². The molecule has 0 radical (unpaired) electrons. The number of carbonyl (C=O) groups excluding carboxylic acids is 1. The molecule has 0 aliphatic rings. The third-order valence-corrected chi connectivity index (χ3v) is 0.777. The molecule has 0 saturated carbocycles. The van der Waals surface area contributed by atoms with E-state index in [1.807, 2.05) is 5.43 Å². The largest absolute Gasteiger partial charge is 0.342 e. The number of nitrogens with one attached hydrogen (secondary N) is 1. The van der Waals surface area contributed by atoms with Crippen LogP contribution in [0.5, 0.6) is 0 Å². The lowest BCUT2D eigenvalue weighted by molar-refractivity contribution is 0.242. The van der Waals surface area contributed by atoms with E-state index >= 15 is 0 Å². The summed E-state index contributed by atoms with van der Waals surface area (Å²) in [4.78, 5) is 10.5. The van der Waals surface area contributed by atoms with Gasteiger partial charge < -0.3 is 0 Å². The SMILES string of the molecule is NNC(=O)n1cnnc1. The minimum Gasteiger partial charge on any atom is -0.275 e. The van der Waals surface area contributed by atoms with E-state index in [-0.39, 0.29) is 0 Å². The summed E-state index contributed by atoms with van der Waals surface area (Å²) in [6, 6.07) is -0.458. The summed E-state index contributed by atoms with van der Waals surface area (Å²) < 4.78 is 1.12. The van der Waals surface area contributed by atoms with Gasteiger partial charge in [0.2, 0.25) is 0 Å². The van der Waals surface area contributed by atoms with Crippen LogP contribution in [0.3, 0.4) is 0 Å². The van der Waals surface area contributed by atoms with Crippen LogP contribution in [0.2, 0.25) is 0 Å². The molecule has 1 aromatic rings. The molecule has 1 amide bonds. The fourth-order valence-electron chi connectivity index (χ4n) is 0.380. The number of amides is 1. The molecule has 0 unspecified atom stereocenters. The maximum Gasteiger partial charge on any atom is 0.342 e. The second-order valence-electron chi connectivity index (χ2n) is 1.32. The van der Waals surface area contributed by atoms with Crippen molar-refractivity contribution in [1.82, 2.24) is 20.2 Å². The summed E-state index contributed by atoms with van der Waals surface area (Å²) in [5.74, 6) is 4.79. The quantitative estimate of drug-likeness (QED) is 0.258. The minimum atomic E-state index is -0.458. The van der Waals surface area contributed by atoms with Gasteiger partial charge in [-0.25, -0.2) is 15.2 Å². The first-order valence-corrected chi connectivity index (χ1v) is 2.20. The Morgan fingerprint density at radius 3 is 2.56 bits per heavy atom. The summed E-state index contributed by atoms with van der Waals surface area (Å²) in [5, 5.41) is 6.78. The van der Waals surface area contributed by atoms with Crippen LogP contribution < -0.4 is 11.3 Å². The Morgan fingerprint density at radius 2 is 2.11 bits per heavy atom. The normalized spacial score (nSPS) is 9.00. The molecule has 0 aliphatic carbocycles. The second kappa shape index (κ2) is 2.23. The van der Waals surface area contributed by atoms with E-state index in [0.29, 0.717) is 0 Å². The Bertz CT molecular complexity index is 192. The van der Waals surface area contributed by atoms with Crippen molar-refractivity contribution in [3.05, 3.63) is 12.7 Å². The lowest BCUT2D eigenvalue weighted by Gasteiger charge is -1.93. The fourth-order valence-corrected chi connectivity index (χ4v) is 0.380. The molecule has 0 aliphatic heterocycles. The van der Waals surface area contributed by atoms with Crippen molar-refractivity contribution in [2.75, 3.05) is 0 Å². The number of hydrazine groups is 1. The Balaban J connectivity index is 2.77. The van der Waals surface area contributed by atoms with Gasteiger partial charge in [-0.3, -0.25) is 5.43 Å². The molecule has 0 atom stereocenters. The lowest BCUT2D eigenvalue weighted by Crippen LogP contribution is -2.33. The molecule has 6 nitrogen and oxygen atoms in total. The van der Waals surface area contributed by atoms with E-state index in [1.54, 1.807) is 0 Å². The van der Waals surface area contributed by atoms with Gasteiger partial charge in [0.15, 0.2) is 0 Å². The van der Waals surface area contributed by atoms with Crippen LogP contribution in [0, 0.1) is 0 Å². The second-order valence-corrected chi connectivity index (χ2v) is 1.32. The zero-order valence-electron chi connectivity index (χ0n) is 4.48. The monoisotopic (exact) mass is 127 g/mol. The van der Waals surface area contributed by atoms with Gasteiger partial charge in [0.1, 0.15) is 12.7 Å². The van der Waals surface area contributed by atoms with E-state index in [2.05, 4.69) is 10.2 Å². The first-order valence-electron chi connectivity index (χ1n) is 2.20. The van der Waals surface area contributed by atoms with Gasteiger partial charge >= 0.3 is 6.03 Å². The summed E-state index contributed by atoms with van der Waals surface area (Å²) in [6.07, 6.45) is 2.50. The molecule has 1 aromatic heterocycles. The number of nitrogen functional groups attached to an aromatic ring is 1. The van der Waals surface area contributed by atoms with Crippen molar-refractivity contribution in [3.8, 4) is 0 Å². The molecule has 9 heavy (non-hydrogen) atoms. The van der Waals surface area contributed by atoms with E-state index in [1.165, 1.54) is 12.7 Å². The van der Waals surface area contributed by atoms with Crippen LogP contribution in [-0.4, -0.2) is 20.8 Å². The maximum absolute atomic E-state index is 10.5. The smallest absolute Gasteiger partial charge is 0.275 e. The van der Waals surface area contributed by atoms with E-state index in [0.717, 1.165) is 4.57 Å². The Labute approximate surface area is 50.6 Å². The fraction of sp³-hybridized carbons (Fsp3) is 0. The van der Waals surface area contributed by atoms with Crippen LogP contribution in [-0.2, 0) is 0 Å². The topological polar surface area (TPSA) is 85.8 Å². The van der Waals surface area contributed by atoms with E-state index in [9.17, 15) is 4.79 Å².